The zero-order valence-corrected chi connectivity index (χ0v) is 11.1. The Kier molecular flexibility index (Phi) is 4.91. The number of nitrogens with one attached hydrogen (secondary N) is 1. The summed E-state index contributed by atoms with van der Waals surface area (Å²) in [5.74, 6) is 0.0805. The van der Waals surface area contributed by atoms with Crippen molar-refractivity contribution in [3.8, 4) is 0 Å². The number of rotatable bonds is 4. The van der Waals surface area contributed by atoms with Gasteiger partial charge in [-0.1, -0.05) is 25.0 Å². The number of benzene rings is 1. The lowest BCUT2D eigenvalue weighted by molar-refractivity contribution is -0.122. The molecule has 19 heavy (non-hydrogen) atoms. The van der Waals surface area contributed by atoms with Crippen molar-refractivity contribution in [1.29, 1.82) is 0 Å². The minimum atomic E-state index is -0.261. The fraction of sp³-hybridized carbons (Fsp3) is 0.533. The third-order valence-corrected chi connectivity index (χ3v) is 3.82. The Balaban J connectivity index is 1.76. The molecular formula is C15H21FN2O. The fourth-order valence-corrected chi connectivity index (χ4v) is 2.60. The Labute approximate surface area is 113 Å². The van der Waals surface area contributed by atoms with Gasteiger partial charge < -0.3 is 11.1 Å². The van der Waals surface area contributed by atoms with Crippen molar-refractivity contribution < 1.29 is 9.18 Å². The molecule has 3 nitrogen and oxygen atoms in total. The Morgan fingerprint density at radius 2 is 1.95 bits per heavy atom. The van der Waals surface area contributed by atoms with Gasteiger partial charge in [-0.2, -0.15) is 0 Å². The second-order valence-corrected chi connectivity index (χ2v) is 5.32. The summed E-state index contributed by atoms with van der Waals surface area (Å²) >= 11 is 0. The lowest BCUT2D eigenvalue weighted by atomic mass is 9.83. The van der Waals surface area contributed by atoms with Crippen molar-refractivity contribution in [2.45, 2.75) is 44.7 Å². The molecule has 1 aromatic rings. The van der Waals surface area contributed by atoms with Crippen LogP contribution in [0.3, 0.4) is 0 Å². The molecule has 1 saturated carbocycles. The Morgan fingerprint density at radius 1 is 1.26 bits per heavy atom. The predicted molar refractivity (Wildman–Crippen MR) is 72.8 cm³/mol. The van der Waals surface area contributed by atoms with Gasteiger partial charge in [0.25, 0.3) is 0 Å². The molecule has 1 fully saturated rings. The molecule has 2 atom stereocenters. The molecule has 0 saturated heterocycles. The molecule has 104 valence electrons. The molecule has 0 aromatic heterocycles. The quantitative estimate of drug-likeness (QED) is 0.877. The summed E-state index contributed by atoms with van der Waals surface area (Å²) in [6.45, 7) is 0.446. The lowest BCUT2D eigenvalue weighted by Gasteiger charge is -2.27. The van der Waals surface area contributed by atoms with E-state index < -0.39 is 0 Å². The highest BCUT2D eigenvalue weighted by Gasteiger charge is 2.23. The topological polar surface area (TPSA) is 55.1 Å². The monoisotopic (exact) mass is 264 g/mol. The van der Waals surface area contributed by atoms with Crippen LogP contribution in [0.1, 0.15) is 37.7 Å². The van der Waals surface area contributed by atoms with E-state index in [2.05, 4.69) is 5.32 Å². The van der Waals surface area contributed by atoms with Crippen LogP contribution < -0.4 is 11.1 Å². The number of halogens is 1. The zero-order chi connectivity index (χ0) is 13.7. The molecule has 0 radical (unpaired) electrons. The molecule has 2 unspecified atom stereocenters. The van der Waals surface area contributed by atoms with Gasteiger partial charge in [0.15, 0.2) is 0 Å². The Bertz CT molecular complexity index is 419. The van der Waals surface area contributed by atoms with Crippen LogP contribution >= 0.6 is 0 Å². The summed E-state index contributed by atoms with van der Waals surface area (Å²) in [5, 5.41) is 2.87. The summed E-state index contributed by atoms with van der Waals surface area (Å²) in [7, 11) is 0. The third-order valence-electron chi connectivity index (χ3n) is 3.82. The van der Waals surface area contributed by atoms with Crippen molar-refractivity contribution in [3.63, 3.8) is 0 Å². The number of carbonyl (C=O) groups excluding carboxylic acids is 1. The van der Waals surface area contributed by atoms with Gasteiger partial charge in [-0.3, -0.25) is 4.79 Å². The van der Waals surface area contributed by atoms with Crippen molar-refractivity contribution in [3.05, 3.63) is 35.6 Å². The molecule has 4 heteroatoms. The van der Waals surface area contributed by atoms with Crippen molar-refractivity contribution in [2.75, 3.05) is 0 Å². The van der Waals surface area contributed by atoms with Gasteiger partial charge in [0, 0.05) is 19.0 Å². The highest BCUT2D eigenvalue weighted by Crippen LogP contribution is 2.25. The van der Waals surface area contributed by atoms with Crippen LogP contribution in [-0.4, -0.2) is 11.9 Å². The second-order valence-electron chi connectivity index (χ2n) is 5.32. The lowest BCUT2D eigenvalue weighted by Crippen LogP contribution is -2.36. The van der Waals surface area contributed by atoms with Gasteiger partial charge in [0.1, 0.15) is 5.82 Å². The maximum absolute atomic E-state index is 12.7. The summed E-state index contributed by atoms with van der Waals surface area (Å²) in [6.07, 6.45) is 4.92. The number of hydrogen-bond acceptors (Lipinski definition) is 2. The Morgan fingerprint density at radius 3 is 2.63 bits per heavy atom. The van der Waals surface area contributed by atoms with Gasteiger partial charge in [-0.15, -0.1) is 0 Å². The van der Waals surface area contributed by atoms with Crippen molar-refractivity contribution in [1.82, 2.24) is 5.32 Å². The van der Waals surface area contributed by atoms with Crippen LogP contribution in [0.5, 0.6) is 0 Å². The summed E-state index contributed by atoms with van der Waals surface area (Å²) < 4.78 is 12.7. The van der Waals surface area contributed by atoms with Crippen molar-refractivity contribution >= 4 is 5.91 Å². The van der Waals surface area contributed by atoms with E-state index in [1.54, 1.807) is 12.1 Å². The number of amides is 1. The maximum Gasteiger partial charge on any atom is 0.220 e. The normalized spacial score (nSPS) is 23.1. The number of nitrogens with two attached hydrogens (primary N) is 1. The van der Waals surface area contributed by atoms with Crippen LogP contribution in [0.2, 0.25) is 0 Å². The molecule has 0 bridgehead atoms. The second kappa shape index (κ2) is 6.66. The third kappa shape index (κ3) is 4.31. The van der Waals surface area contributed by atoms with E-state index in [0.29, 0.717) is 18.9 Å². The molecule has 1 aromatic carbocycles. The van der Waals surface area contributed by atoms with Crippen LogP contribution in [0.25, 0.3) is 0 Å². The van der Waals surface area contributed by atoms with Gasteiger partial charge in [0.05, 0.1) is 0 Å². The van der Waals surface area contributed by atoms with E-state index >= 15 is 0 Å². The van der Waals surface area contributed by atoms with Gasteiger partial charge in [-0.05, 0) is 36.5 Å². The van der Waals surface area contributed by atoms with Crippen LogP contribution in [0.15, 0.2) is 24.3 Å². The minimum Gasteiger partial charge on any atom is -0.352 e. The van der Waals surface area contributed by atoms with Gasteiger partial charge in [-0.25, -0.2) is 4.39 Å². The smallest absolute Gasteiger partial charge is 0.220 e. The molecule has 0 aliphatic heterocycles. The first kappa shape index (κ1) is 14.0. The summed E-state index contributed by atoms with van der Waals surface area (Å²) in [6, 6.07) is 6.33. The molecular weight excluding hydrogens is 243 g/mol. The van der Waals surface area contributed by atoms with E-state index in [-0.39, 0.29) is 17.8 Å². The molecule has 0 spiro atoms. The molecule has 1 aliphatic carbocycles. The predicted octanol–water partition coefficient (Wildman–Crippen LogP) is 2.35. The molecule has 1 aliphatic rings. The van der Waals surface area contributed by atoms with Crippen LogP contribution in [0, 0.1) is 11.7 Å². The first-order valence-electron chi connectivity index (χ1n) is 6.92. The highest BCUT2D eigenvalue weighted by atomic mass is 19.1. The molecule has 0 heterocycles. The average molecular weight is 264 g/mol. The van der Waals surface area contributed by atoms with Crippen LogP contribution in [0.4, 0.5) is 4.39 Å². The standard InChI is InChI=1S/C15H21FN2O/c16-13-7-5-11(6-8-13)10-18-15(19)9-12-3-1-2-4-14(12)17/h5-8,12,14H,1-4,9-10,17H2,(H,18,19). The number of hydrogen-bond donors (Lipinski definition) is 2. The summed E-state index contributed by atoms with van der Waals surface area (Å²) in [4.78, 5) is 11.9. The largest absolute Gasteiger partial charge is 0.352 e. The first-order chi connectivity index (χ1) is 9.15. The minimum absolute atomic E-state index is 0.0340. The first-order valence-corrected chi connectivity index (χ1v) is 6.92. The highest BCUT2D eigenvalue weighted by molar-refractivity contribution is 5.76. The molecule has 3 N–H and O–H groups in total. The molecule has 2 rings (SSSR count). The van der Waals surface area contributed by atoms with Crippen molar-refractivity contribution in [2.24, 2.45) is 11.7 Å². The van der Waals surface area contributed by atoms with E-state index in [1.165, 1.54) is 25.0 Å². The van der Waals surface area contributed by atoms with E-state index in [1.807, 2.05) is 0 Å². The average Bonchev–Trinajstić information content (AvgIpc) is 2.41. The van der Waals surface area contributed by atoms with Gasteiger partial charge in [0.2, 0.25) is 5.91 Å². The Hall–Kier alpha value is -1.42. The maximum atomic E-state index is 12.7. The van der Waals surface area contributed by atoms with E-state index in [4.69, 9.17) is 5.73 Å². The van der Waals surface area contributed by atoms with E-state index in [9.17, 15) is 9.18 Å². The SMILES string of the molecule is NC1CCCCC1CC(=O)NCc1ccc(F)cc1. The fourth-order valence-electron chi connectivity index (χ4n) is 2.60. The molecule has 1 amide bonds. The number of carbonyl (C=O) groups is 1. The zero-order valence-electron chi connectivity index (χ0n) is 11.1. The van der Waals surface area contributed by atoms with Crippen LogP contribution in [-0.2, 0) is 11.3 Å². The summed E-state index contributed by atoms with van der Waals surface area (Å²) in [5.41, 5.74) is 6.93. The van der Waals surface area contributed by atoms with Gasteiger partial charge >= 0.3 is 0 Å². The van der Waals surface area contributed by atoms with E-state index in [0.717, 1.165) is 18.4 Å².